The summed E-state index contributed by atoms with van der Waals surface area (Å²) in [5, 5.41) is 1.30. The van der Waals surface area contributed by atoms with E-state index in [4.69, 9.17) is 11.6 Å². The molecule has 0 saturated heterocycles. The van der Waals surface area contributed by atoms with Crippen LogP contribution in [-0.2, 0) is 16.0 Å². The Kier molecular flexibility index (Phi) is 6.97. The van der Waals surface area contributed by atoms with Crippen LogP contribution in [0.25, 0.3) is 0 Å². The van der Waals surface area contributed by atoms with E-state index in [0.717, 1.165) is 23.1 Å². The molecule has 2 amide bonds. The van der Waals surface area contributed by atoms with Crippen molar-refractivity contribution in [3.8, 4) is 0 Å². The van der Waals surface area contributed by atoms with E-state index in [-0.39, 0.29) is 24.4 Å². The number of hydrogen-bond acceptors (Lipinski definition) is 3. The van der Waals surface area contributed by atoms with Crippen LogP contribution in [0.1, 0.15) is 45.5 Å². The minimum atomic E-state index is -0.805. The lowest BCUT2D eigenvalue weighted by molar-refractivity contribution is -0.141. The highest BCUT2D eigenvalue weighted by Crippen LogP contribution is 2.39. The number of likely N-dealkylation sites (N-methyl/N-ethyl adjacent to an activating group) is 1. The van der Waals surface area contributed by atoms with Crippen LogP contribution in [-0.4, -0.2) is 41.2 Å². The van der Waals surface area contributed by atoms with Crippen molar-refractivity contribution < 1.29 is 9.59 Å². The van der Waals surface area contributed by atoms with Crippen molar-refractivity contribution in [2.45, 2.75) is 31.7 Å². The van der Waals surface area contributed by atoms with Crippen molar-refractivity contribution in [3.05, 3.63) is 93.2 Å². The van der Waals surface area contributed by atoms with Crippen LogP contribution in [0.4, 0.5) is 0 Å². The number of aryl methyl sites for hydroxylation is 1. The minimum absolute atomic E-state index is 0.0211. The monoisotopic (exact) mass is 466 g/mol. The first-order chi connectivity index (χ1) is 15.5. The van der Waals surface area contributed by atoms with Crippen molar-refractivity contribution in [3.63, 3.8) is 0 Å². The molecule has 0 aliphatic carbocycles. The summed E-state index contributed by atoms with van der Waals surface area (Å²) in [6.45, 7) is 5.05. The van der Waals surface area contributed by atoms with Crippen LogP contribution in [0, 0.1) is 6.92 Å². The van der Waals surface area contributed by atoms with Gasteiger partial charge in [-0.05, 0) is 54.0 Å². The number of alkyl halides is 1. The molecule has 6 heteroatoms. The van der Waals surface area contributed by atoms with Gasteiger partial charge in [0.05, 0.1) is 12.6 Å². The first-order valence-electron chi connectivity index (χ1n) is 10.9. The van der Waals surface area contributed by atoms with Gasteiger partial charge in [0.15, 0.2) is 0 Å². The summed E-state index contributed by atoms with van der Waals surface area (Å²) in [6, 6.07) is 19.5. The molecular formula is C26H27ClN2O2S. The third-order valence-electron chi connectivity index (χ3n) is 6.10. The maximum absolute atomic E-state index is 13.6. The van der Waals surface area contributed by atoms with Gasteiger partial charge in [0.2, 0.25) is 11.8 Å². The zero-order valence-corrected chi connectivity index (χ0v) is 19.9. The van der Waals surface area contributed by atoms with Gasteiger partial charge in [-0.2, -0.15) is 0 Å². The Hall–Kier alpha value is -2.63. The SMILES string of the molecule is CCN(CC(=O)N1CCc2sccc2C1c1ccccc1C)C(=O)C(Cl)c1ccccc1. The fourth-order valence-electron chi connectivity index (χ4n) is 4.34. The summed E-state index contributed by atoms with van der Waals surface area (Å²) in [7, 11) is 0. The highest BCUT2D eigenvalue weighted by Gasteiger charge is 2.35. The van der Waals surface area contributed by atoms with Gasteiger partial charge in [0.25, 0.3) is 0 Å². The molecule has 1 aromatic heterocycles. The van der Waals surface area contributed by atoms with Crippen molar-refractivity contribution >= 4 is 34.8 Å². The number of benzene rings is 2. The van der Waals surface area contributed by atoms with Crippen molar-refractivity contribution in [1.82, 2.24) is 9.80 Å². The third kappa shape index (κ3) is 4.45. The Balaban J connectivity index is 1.58. The van der Waals surface area contributed by atoms with Gasteiger partial charge in [-0.25, -0.2) is 0 Å². The van der Waals surface area contributed by atoms with Gasteiger partial charge in [-0.15, -0.1) is 22.9 Å². The fourth-order valence-corrected chi connectivity index (χ4v) is 5.53. The van der Waals surface area contributed by atoms with Crippen LogP contribution >= 0.6 is 22.9 Å². The van der Waals surface area contributed by atoms with Gasteiger partial charge in [0.1, 0.15) is 5.38 Å². The quantitative estimate of drug-likeness (QED) is 0.459. The van der Waals surface area contributed by atoms with Crippen molar-refractivity contribution in [2.75, 3.05) is 19.6 Å². The first kappa shape index (κ1) is 22.6. The fraction of sp³-hybridized carbons (Fsp3) is 0.308. The molecule has 0 spiro atoms. The van der Waals surface area contributed by atoms with Gasteiger partial charge < -0.3 is 9.80 Å². The number of carbonyl (C=O) groups is 2. The predicted molar refractivity (Wildman–Crippen MR) is 130 cm³/mol. The largest absolute Gasteiger partial charge is 0.332 e. The molecule has 4 rings (SSSR count). The summed E-state index contributed by atoms with van der Waals surface area (Å²) < 4.78 is 0. The molecule has 0 radical (unpaired) electrons. The van der Waals surface area contributed by atoms with E-state index >= 15 is 0 Å². The third-order valence-corrected chi connectivity index (χ3v) is 7.53. The van der Waals surface area contributed by atoms with E-state index in [9.17, 15) is 9.59 Å². The van der Waals surface area contributed by atoms with Crippen LogP contribution in [0.5, 0.6) is 0 Å². The van der Waals surface area contributed by atoms with Gasteiger partial charge >= 0.3 is 0 Å². The summed E-state index contributed by atoms with van der Waals surface area (Å²) in [4.78, 5) is 31.5. The van der Waals surface area contributed by atoms with E-state index in [1.165, 1.54) is 10.4 Å². The number of fused-ring (bicyclic) bond motifs is 1. The topological polar surface area (TPSA) is 40.6 Å². The second-order valence-corrected chi connectivity index (χ2v) is 9.46. The van der Waals surface area contributed by atoms with Crippen LogP contribution < -0.4 is 0 Å². The molecule has 0 fully saturated rings. The van der Waals surface area contributed by atoms with E-state index < -0.39 is 5.38 Å². The lowest BCUT2D eigenvalue weighted by Gasteiger charge is -2.38. The molecule has 0 N–H and O–H groups in total. The zero-order chi connectivity index (χ0) is 22.7. The predicted octanol–water partition coefficient (Wildman–Crippen LogP) is 5.36. The van der Waals surface area contributed by atoms with E-state index in [2.05, 4.69) is 30.5 Å². The van der Waals surface area contributed by atoms with Gasteiger partial charge in [-0.3, -0.25) is 9.59 Å². The van der Waals surface area contributed by atoms with Gasteiger partial charge in [-0.1, -0.05) is 54.6 Å². The summed E-state index contributed by atoms with van der Waals surface area (Å²) >= 11 is 8.23. The second-order valence-electron chi connectivity index (χ2n) is 8.02. The molecule has 2 heterocycles. The number of amides is 2. The highest BCUT2D eigenvalue weighted by atomic mass is 35.5. The van der Waals surface area contributed by atoms with Gasteiger partial charge in [0, 0.05) is 18.0 Å². The standard InChI is InChI=1S/C26H27ClN2O2S/c1-3-28(26(31)24(27)19-10-5-4-6-11-19)17-23(30)29-15-13-22-21(14-16-32-22)25(29)20-12-8-7-9-18(20)2/h4-12,14,16,24-25H,3,13,15,17H2,1-2H3. The van der Waals surface area contributed by atoms with Crippen molar-refractivity contribution in [1.29, 1.82) is 0 Å². The Bertz CT molecular complexity index is 1100. The maximum Gasteiger partial charge on any atom is 0.245 e. The molecule has 0 bridgehead atoms. The molecule has 2 aromatic carbocycles. The summed E-state index contributed by atoms with van der Waals surface area (Å²) in [5.74, 6) is -0.295. The molecule has 32 heavy (non-hydrogen) atoms. The Labute approximate surface area is 198 Å². The lowest BCUT2D eigenvalue weighted by Crippen LogP contribution is -2.47. The molecule has 0 saturated carbocycles. The van der Waals surface area contributed by atoms with Crippen LogP contribution in [0.2, 0.25) is 0 Å². The highest BCUT2D eigenvalue weighted by molar-refractivity contribution is 7.10. The summed E-state index contributed by atoms with van der Waals surface area (Å²) in [5.41, 5.74) is 4.22. The average molecular weight is 467 g/mol. The van der Waals surface area contributed by atoms with Crippen LogP contribution in [0.15, 0.2) is 66.0 Å². The number of thiophene rings is 1. The molecule has 1 aliphatic heterocycles. The molecule has 1 aliphatic rings. The number of hydrogen-bond donors (Lipinski definition) is 0. The van der Waals surface area contributed by atoms with Crippen LogP contribution in [0.3, 0.4) is 0 Å². The smallest absolute Gasteiger partial charge is 0.245 e. The van der Waals surface area contributed by atoms with E-state index in [1.807, 2.05) is 54.3 Å². The molecule has 2 unspecified atom stereocenters. The van der Waals surface area contributed by atoms with Crippen molar-refractivity contribution in [2.24, 2.45) is 0 Å². The number of halogens is 1. The molecule has 166 valence electrons. The second kappa shape index (κ2) is 9.88. The maximum atomic E-state index is 13.6. The van der Waals surface area contributed by atoms with E-state index in [1.54, 1.807) is 16.2 Å². The Morgan fingerprint density at radius 3 is 2.53 bits per heavy atom. The van der Waals surface area contributed by atoms with E-state index in [0.29, 0.717) is 13.1 Å². The first-order valence-corrected chi connectivity index (χ1v) is 12.2. The molecule has 4 nitrogen and oxygen atoms in total. The molecule has 3 aromatic rings. The molecule has 2 atom stereocenters. The summed E-state index contributed by atoms with van der Waals surface area (Å²) in [6.07, 6.45) is 0.837. The Morgan fingerprint density at radius 1 is 1.09 bits per heavy atom. The average Bonchev–Trinajstić information content (AvgIpc) is 3.31. The molecular weight excluding hydrogens is 440 g/mol. The number of rotatable bonds is 6. The Morgan fingerprint density at radius 2 is 1.81 bits per heavy atom. The number of nitrogens with zero attached hydrogens (tertiary/aromatic N) is 2. The zero-order valence-electron chi connectivity index (χ0n) is 18.3. The number of carbonyl (C=O) groups excluding carboxylic acids is 2. The minimum Gasteiger partial charge on any atom is -0.332 e. The normalized spacial score (nSPS) is 16.3. The lowest BCUT2D eigenvalue weighted by atomic mass is 9.90.